The van der Waals surface area contributed by atoms with Gasteiger partial charge in [0.1, 0.15) is 12.1 Å². The van der Waals surface area contributed by atoms with Gasteiger partial charge in [-0.05, 0) is 24.6 Å². The first-order valence-corrected chi connectivity index (χ1v) is 8.03. The van der Waals surface area contributed by atoms with Crippen LogP contribution >= 0.6 is 0 Å². The van der Waals surface area contributed by atoms with Gasteiger partial charge >= 0.3 is 18.1 Å². The highest BCUT2D eigenvalue weighted by Crippen LogP contribution is 2.13. The Morgan fingerprint density at radius 3 is 2.00 bits per heavy atom. The minimum Gasteiger partial charge on any atom is -0.480 e. The molecule has 0 spiro atoms. The largest absolute Gasteiger partial charge is 0.490 e. The van der Waals surface area contributed by atoms with E-state index in [2.05, 4.69) is 15.6 Å². The number of nitrogens with zero attached hydrogens (tertiary/aromatic N) is 1. The Kier molecular flexibility index (Phi) is 10.5. The maximum absolute atomic E-state index is 11.9. The summed E-state index contributed by atoms with van der Waals surface area (Å²) < 4.78 is 31.7. The van der Waals surface area contributed by atoms with Crippen LogP contribution in [0, 0.1) is 0 Å². The molecule has 0 fully saturated rings. The topological polar surface area (TPSA) is 189 Å². The van der Waals surface area contributed by atoms with E-state index >= 15 is 0 Å². The van der Waals surface area contributed by atoms with E-state index in [1.165, 1.54) is 6.92 Å². The molecule has 1 heterocycles. The molecule has 1 aromatic heterocycles. The second-order valence-corrected chi connectivity index (χ2v) is 5.69. The van der Waals surface area contributed by atoms with Crippen LogP contribution in [0.5, 0.6) is 0 Å². The van der Waals surface area contributed by atoms with Gasteiger partial charge in [0.05, 0.1) is 12.8 Å². The van der Waals surface area contributed by atoms with Gasteiger partial charge in [0.2, 0.25) is 17.7 Å². The average molecular weight is 436 g/mol. The number of aromatic nitrogens is 1. The van der Waals surface area contributed by atoms with Gasteiger partial charge in [-0.3, -0.25) is 19.4 Å². The molecule has 2 atom stereocenters. The molecule has 0 aliphatic carbocycles. The molecule has 1 rings (SSSR count). The fourth-order valence-corrected chi connectivity index (χ4v) is 1.74. The Labute approximate surface area is 167 Å². The second kappa shape index (κ2) is 12.0. The van der Waals surface area contributed by atoms with E-state index in [0.29, 0.717) is 0 Å². The van der Waals surface area contributed by atoms with Crippen molar-refractivity contribution in [1.82, 2.24) is 15.6 Å². The molecule has 0 saturated carbocycles. The summed E-state index contributed by atoms with van der Waals surface area (Å²) in [4.78, 5) is 58.1. The molecule has 0 bridgehead atoms. The van der Waals surface area contributed by atoms with Gasteiger partial charge in [-0.15, -0.1) is 0 Å². The monoisotopic (exact) mass is 436 g/mol. The summed E-state index contributed by atoms with van der Waals surface area (Å²) in [6.07, 6.45) is -2.47. The van der Waals surface area contributed by atoms with Crippen LogP contribution in [0.3, 0.4) is 0 Å². The molecular formula is C16H19F3N4O7. The Morgan fingerprint density at radius 2 is 1.60 bits per heavy atom. The van der Waals surface area contributed by atoms with E-state index in [9.17, 15) is 32.3 Å². The summed E-state index contributed by atoms with van der Waals surface area (Å²) in [6.45, 7) is 1.41. The van der Waals surface area contributed by atoms with Crippen molar-refractivity contribution in [2.24, 2.45) is 5.73 Å². The van der Waals surface area contributed by atoms with Crippen LogP contribution in [0.25, 0.3) is 0 Å². The van der Waals surface area contributed by atoms with Gasteiger partial charge in [-0.1, -0.05) is 0 Å². The number of primary amides is 1. The lowest BCUT2D eigenvalue weighted by Gasteiger charge is -2.18. The third-order valence-corrected chi connectivity index (χ3v) is 3.15. The minimum absolute atomic E-state index is 0.0593. The Hall–Kier alpha value is -3.71. The zero-order valence-electron chi connectivity index (χ0n) is 15.5. The smallest absolute Gasteiger partial charge is 0.480 e. The first-order chi connectivity index (χ1) is 13.7. The van der Waals surface area contributed by atoms with Gasteiger partial charge in [-0.2, -0.15) is 13.2 Å². The molecule has 166 valence electrons. The zero-order chi connectivity index (χ0) is 23.5. The van der Waals surface area contributed by atoms with Gasteiger partial charge in [0.15, 0.2) is 0 Å². The number of carboxylic acid groups (broad SMARTS) is 2. The first kappa shape index (κ1) is 26.3. The van der Waals surface area contributed by atoms with E-state index in [4.69, 9.17) is 20.7 Å². The van der Waals surface area contributed by atoms with Crippen molar-refractivity contribution in [1.29, 1.82) is 0 Å². The molecule has 2 unspecified atom stereocenters. The van der Waals surface area contributed by atoms with Crippen LogP contribution in [0.2, 0.25) is 0 Å². The van der Waals surface area contributed by atoms with Gasteiger partial charge in [-0.25, -0.2) is 9.59 Å². The van der Waals surface area contributed by atoms with Crippen molar-refractivity contribution in [2.45, 2.75) is 38.0 Å². The van der Waals surface area contributed by atoms with Gasteiger partial charge < -0.3 is 26.6 Å². The lowest BCUT2D eigenvalue weighted by Crippen LogP contribution is -2.51. The number of carbonyl (C=O) groups excluding carboxylic acids is 3. The molecule has 0 radical (unpaired) electrons. The van der Waals surface area contributed by atoms with E-state index in [-0.39, 0.29) is 6.42 Å². The van der Waals surface area contributed by atoms with E-state index in [1.807, 2.05) is 0 Å². The maximum atomic E-state index is 11.9. The van der Waals surface area contributed by atoms with Crippen LogP contribution in [0.4, 0.5) is 13.2 Å². The lowest BCUT2D eigenvalue weighted by molar-refractivity contribution is -0.192. The van der Waals surface area contributed by atoms with E-state index < -0.39 is 54.3 Å². The predicted octanol–water partition coefficient (Wildman–Crippen LogP) is -0.793. The number of hydrogen-bond donors (Lipinski definition) is 5. The third kappa shape index (κ3) is 11.2. The van der Waals surface area contributed by atoms with Gasteiger partial charge in [0, 0.05) is 12.4 Å². The summed E-state index contributed by atoms with van der Waals surface area (Å²) in [5.74, 6) is -6.12. The van der Waals surface area contributed by atoms with Gasteiger partial charge in [0.25, 0.3) is 0 Å². The minimum atomic E-state index is -5.08. The molecule has 0 saturated heterocycles. The number of nitrogens with two attached hydrogens (primary N) is 1. The number of carboxylic acids is 2. The van der Waals surface area contributed by atoms with Crippen LogP contribution in [0.15, 0.2) is 24.5 Å². The number of carbonyl (C=O) groups is 5. The normalized spacial score (nSPS) is 12.4. The fourth-order valence-electron chi connectivity index (χ4n) is 1.74. The molecule has 6 N–H and O–H groups in total. The number of amides is 3. The molecule has 0 aromatic carbocycles. The summed E-state index contributed by atoms with van der Waals surface area (Å²) in [5, 5.41) is 20.6. The highest BCUT2D eigenvalue weighted by Gasteiger charge is 2.38. The maximum Gasteiger partial charge on any atom is 0.490 e. The summed E-state index contributed by atoms with van der Waals surface area (Å²) in [7, 11) is 0. The van der Waals surface area contributed by atoms with E-state index in [1.54, 1.807) is 24.5 Å². The molecule has 3 amide bonds. The van der Waals surface area contributed by atoms with Crippen LogP contribution in [-0.2, 0) is 30.4 Å². The standard InChI is InChI=1S/C14H18N4O5.C2HF3O2/c1-8(13(21)18-10(14(22)23)7-11(15)19)17-12(20)6-9-2-4-16-5-3-9;3-2(4,5)1(6)7/h2-5,8,10H,6-7H2,1H3,(H2,15,19)(H,17,20)(H,18,21)(H,22,23);(H,6,7). The Morgan fingerprint density at radius 1 is 1.10 bits per heavy atom. The number of halogens is 3. The number of aliphatic carboxylic acids is 2. The lowest BCUT2D eigenvalue weighted by atomic mass is 10.1. The molecule has 11 nitrogen and oxygen atoms in total. The highest BCUT2D eigenvalue weighted by molar-refractivity contribution is 5.92. The first-order valence-electron chi connectivity index (χ1n) is 8.03. The molecule has 0 aliphatic rings. The van der Waals surface area contributed by atoms with Crippen molar-refractivity contribution in [2.75, 3.05) is 0 Å². The SMILES string of the molecule is CC(NC(=O)Cc1ccncc1)C(=O)NC(CC(N)=O)C(=O)O.O=C(O)C(F)(F)F. The van der Waals surface area contributed by atoms with Crippen molar-refractivity contribution >= 4 is 29.7 Å². The number of pyridine rings is 1. The van der Waals surface area contributed by atoms with Crippen LogP contribution < -0.4 is 16.4 Å². The van der Waals surface area contributed by atoms with E-state index in [0.717, 1.165) is 5.56 Å². The fraction of sp³-hybridized carbons (Fsp3) is 0.375. The quantitative estimate of drug-likeness (QED) is 0.350. The third-order valence-electron chi connectivity index (χ3n) is 3.15. The second-order valence-electron chi connectivity index (χ2n) is 5.69. The van der Waals surface area contributed by atoms with Crippen molar-refractivity contribution in [3.05, 3.63) is 30.1 Å². The molecular weight excluding hydrogens is 417 g/mol. The van der Waals surface area contributed by atoms with Crippen molar-refractivity contribution in [3.63, 3.8) is 0 Å². The van der Waals surface area contributed by atoms with Crippen LogP contribution in [-0.4, -0.2) is 63.1 Å². The number of alkyl halides is 3. The predicted molar refractivity (Wildman–Crippen MR) is 92.6 cm³/mol. The summed E-state index contributed by atoms with van der Waals surface area (Å²) in [6, 6.07) is 0.938. The Bertz CT molecular complexity index is 772. The Balaban J connectivity index is 0.00000103. The molecule has 0 aliphatic heterocycles. The number of rotatable bonds is 8. The average Bonchev–Trinajstić information content (AvgIpc) is 2.60. The number of nitrogens with one attached hydrogen (secondary N) is 2. The number of hydrogen-bond acceptors (Lipinski definition) is 6. The highest BCUT2D eigenvalue weighted by atomic mass is 19.4. The zero-order valence-corrected chi connectivity index (χ0v) is 15.5. The summed E-state index contributed by atoms with van der Waals surface area (Å²) in [5.41, 5.74) is 5.65. The molecule has 30 heavy (non-hydrogen) atoms. The van der Waals surface area contributed by atoms with Crippen molar-refractivity contribution < 1.29 is 47.4 Å². The molecule has 14 heteroatoms. The van der Waals surface area contributed by atoms with Crippen LogP contribution in [0.1, 0.15) is 18.9 Å². The summed E-state index contributed by atoms with van der Waals surface area (Å²) >= 11 is 0. The van der Waals surface area contributed by atoms with Crippen molar-refractivity contribution in [3.8, 4) is 0 Å². The molecule has 1 aromatic rings.